The van der Waals surface area contributed by atoms with Crippen molar-refractivity contribution in [2.75, 3.05) is 24.5 Å². The van der Waals surface area contributed by atoms with Gasteiger partial charge in [0.2, 0.25) is 0 Å². The minimum absolute atomic E-state index is 0.674. The Balaban J connectivity index is 1.51. The summed E-state index contributed by atoms with van der Waals surface area (Å²) in [5.41, 5.74) is 1.32. The fourth-order valence-corrected chi connectivity index (χ4v) is 2.96. The van der Waals surface area contributed by atoms with E-state index in [1.54, 1.807) is 0 Å². The van der Waals surface area contributed by atoms with Gasteiger partial charge >= 0.3 is 0 Å². The van der Waals surface area contributed by atoms with Gasteiger partial charge in [-0.1, -0.05) is 6.42 Å². The second-order valence-corrected chi connectivity index (χ2v) is 5.70. The molecule has 3 rings (SSSR count). The monoisotopic (exact) mass is 245 g/mol. The number of piperidine rings is 1. The molecule has 0 bridgehead atoms. The first-order valence-electron chi connectivity index (χ1n) is 7.30. The van der Waals surface area contributed by atoms with E-state index in [0.29, 0.717) is 6.04 Å². The summed E-state index contributed by atoms with van der Waals surface area (Å²) >= 11 is 0. The molecule has 0 amide bonds. The van der Waals surface area contributed by atoms with Crippen LogP contribution in [0.5, 0.6) is 0 Å². The van der Waals surface area contributed by atoms with Crippen molar-refractivity contribution in [3.8, 4) is 0 Å². The van der Waals surface area contributed by atoms with Crippen molar-refractivity contribution in [1.29, 1.82) is 0 Å². The van der Waals surface area contributed by atoms with E-state index in [9.17, 15) is 0 Å². The Hall–Kier alpha value is -1.09. The van der Waals surface area contributed by atoms with Gasteiger partial charge in [0.15, 0.2) is 0 Å². The molecule has 2 aliphatic rings. The molecule has 2 heterocycles. The zero-order chi connectivity index (χ0) is 12.2. The highest BCUT2D eigenvalue weighted by Gasteiger charge is 2.22. The third-order valence-corrected chi connectivity index (χ3v) is 4.37. The number of aromatic nitrogens is 1. The molecule has 1 aromatic heterocycles. The predicted octanol–water partition coefficient (Wildman–Crippen LogP) is 2.44. The van der Waals surface area contributed by atoms with Crippen LogP contribution in [-0.2, 0) is 0 Å². The molecule has 1 aliphatic carbocycles. The smallest absolute Gasteiger partial charge is 0.0397 e. The van der Waals surface area contributed by atoms with Gasteiger partial charge in [0.1, 0.15) is 0 Å². The fourth-order valence-electron chi connectivity index (χ4n) is 2.96. The van der Waals surface area contributed by atoms with Crippen LogP contribution in [0.25, 0.3) is 0 Å². The minimum Gasteiger partial charge on any atom is -0.370 e. The molecule has 1 saturated carbocycles. The van der Waals surface area contributed by atoms with Crippen molar-refractivity contribution in [3.63, 3.8) is 0 Å². The van der Waals surface area contributed by atoms with Crippen LogP contribution in [0.1, 0.15) is 32.1 Å². The first-order chi connectivity index (χ1) is 8.92. The van der Waals surface area contributed by atoms with Gasteiger partial charge in [-0.2, -0.15) is 0 Å². The van der Waals surface area contributed by atoms with Crippen LogP contribution in [0.15, 0.2) is 24.5 Å². The van der Waals surface area contributed by atoms with Crippen LogP contribution in [0.4, 0.5) is 5.69 Å². The highest BCUT2D eigenvalue weighted by atomic mass is 15.2. The standard InChI is InChI=1S/C15H23N3/c1-3-13(4-1)11-17-14-5-2-10-18(12-14)15-6-8-16-9-7-15/h6-9,13-14,17H,1-5,10-12H2/t14-/m1/s1. The second kappa shape index (κ2) is 5.70. The van der Waals surface area contributed by atoms with Gasteiger partial charge in [-0.05, 0) is 50.3 Å². The van der Waals surface area contributed by atoms with Crippen LogP contribution in [-0.4, -0.2) is 30.7 Å². The fraction of sp³-hybridized carbons (Fsp3) is 0.667. The molecule has 3 nitrogen and oxygen atoms in total. The molecule has 1 aromatic rings. The van der Waals surface area contributed by atoms with Gasteiger partial charge in [0.25, 0.3) is 0 Å². The Morgan fingerprint density at radius 2 is 2.00 bits per heavy atom. The Morgan fingerprint density at radius 3 is 2.72 bits per heavy atom. The Morgan fingerprint density at radius 1 is 1.17 bits per heavy atom. The number of nitrogens with one attached hydrogen (secondary N) is 1. The lowest BCUT2D eigenvalue weighted by Gasteiger charge is -2.36. The minimum atomic E-state index is 0.674. The third kappa shape index (κ3) is 2.83. The van der Waals surface area contributed by atoms with E-state index in [2.05, 4.69) is 27.3 Å². The van der Waals surface area contributed by atoms with Crippen molar-refractivity contribution < 1.29 is 0 Å². The maximum atomic E-state index is 4.10. The van der Waals surface area contributed by atoms with Gasteiger partial charge < -0.3 is 10.2 Å². The summed E-state index contributed by atoms with van der Waals surface area (Å²) in [6.45, 7) is 3.57. The number of anilines is 1. The molecule has 1 aliphatic heterocycles. The van der Waals surface area contributed by atoms with Crippen molar-refractivity contribution >= 4 is 5.69 Å². The predicted molar refractivity (Wildman–Crippen MR) is 74.8 cm³/mol. The molecule has 2 fully saturated rings. The zero-order valence-corrected chi connectivity index (χ0v) is 11.0. The summed E-state index contributed by atoms with van der Waals surface area (Å²) in [4.78, 5) is 6.58. The summed E-state index contributed by atoms with van der Waals surface area (Å²) in [5, 5.41) is 3.77. The van der Waals surface area contributed by atoms with Gasteiger partial charge in [-0.3, -0.25) is 4.98 Å². The molecule has 0 spiro atoms. The molecule has 0 radical (unpaired) electrons. The highest BCUT2D eigenvalue weighted by molar-refractivity contribution is 5.45. The van der Waals surface area contributed by atoms with Crippen molar-refractivity contribution in [2.45, 2.75) is 38.1 Å². The zero-order valence-electron chi connectivity index (χ0n) is 11.0. The average molecular weight is 245 g/mol. The van der Waals surface area contributed by atoms with E-state index in [4.69, 9.17) is 0 Å². The summed E-state index contributed by atoms with van der Waals surface area (Å²) < 4.78 is 0. The second-order valence-electron chi connectivity index (χ2n) is 5.70. The van der Waals surface area contributed by atoms with Crippen LogP contribution in [0, 0.1) is 5.92 Å². The molecule has 0 aromatic carbocycles. The number of hydrogen-bond acceptors (Lipinski definition) is 3. The summed E-state index contributed by atoms with van der Waals surface area (Å²) in [5.74, 6) is 0.960. The van der Waals surface area contributed by atoms with Crippen LogP contribution in [0.3, 0.4) is 0 Å². The first kappa shape index (κ1) is 12.0. The topological polar surface area (TPSA) is 28.2 Å². The maximum Gasteiger partial charge on any atom is 0.0397 e. The van der Waals surface area contributed by atoms with Gasteiger partial charge in [-0.15, -0.1) is 0 Å². The van der Waals surface area contributed by atoms with Gasteiger partial charge in [0, 0.05) is 37.2 Å². The van der Waals surface area contributed by atoms with E-state index in [1.807, 2.05) is 12.4 Å². The molecule has 1 saturated heterocycles. The quantitative estimate of drug-likeness (QED) is 0.883. The maximum absolute atomic E-state index is 4.10. The molecule has 1 atom stereocenters. The molecular formula is C15H23N3. The first-order valence-corrected chi connectivity index (χ1v) is 7.30. The number of pyridine rings is 1. The molecule has 1 N–H and O–H groups in total. The Labute approximate surface area is 110 Å². The lowest BCUT2D eigenvalue weighted by atomic mass is 9.85. The van der Waals surface area contributed by atoms with Crippen molar-refractivity contribution in [1.82, 2.24) is 10.3 Å². The number of nitrogens with zero attached hydrogens (tertiary/aromatic N) is 2. The largest absolute Gasteiger partial charge is 0.370 e. The lowest BCUT2D eigenvalue weighted by molar-refractivity contribution is 0.280. The highest BCUT2D eigenvalue weighted by Crippen LogP contribution is 2.26. The van der Waals surface area contributed by atoms with Crippen LogP contribution >= 0.6 is 0 Å². The summed E-state index contributed by atoms with van der Waals surface area (Å²) in [6, 6.07) is 4.91. The Bertz CT molecular complexity index is 361. The van der Waals surface area contributed by atoms with Crippen molar-refractivity contribution in [2.24, 2.45) is 5.92 Å². The summed E-state index contributed by atoms with van der Waals surface area (Å²) in [6.07, 6.45) is 10.7. The van der Waals surface area contributed by atoms with Crippen molar-refractivity contribution in [3.05, 3.63) is 24.5 Å². The number of rotatable bonds is 4. The molecule has 3 heteroatoms. The van der Waals surface area contributed by atoms with E-state index >= 15 is 0 Å². The van der Waals surface area contributed by atoms with E-state index in [-0.39, 0.29) is 0 Å². The average Bonchev–Trinajstić information content (AvgIpc) is 2.38. The molecule has 98 valence electrons. The lowest BCUT2D eigenvalue weighted by Crippen LogP contribution is -2.47. The number of hydrogen-bond donors (Lipinski definition) is 1. The van der Waals surface area contributed by atoms with Gasteiger partial charge in [0.05, 0.1) is 0 Å². The third-order valence-electron chi connectivity index (χ3n) is 4.37. The van der Waals surface area contributed by atoms with E-state index in [0.717, 1.165) is 12.5 Å². The molecular weight excluding hydrogens is 222 g/mol. The summed E-state index contributed by atoms with van der Waals surface area (Å²) in [7, 11) is 0. The SMILES string of the molecule is c1cc(N2CCC[C@@H](NCC3CCC3)C2)ccn1. The Kier molecular flexibility index (Phi) is 3.79. The molecule has 18 heavy (non-hydrogen) atoms. The van der Waals surface area contributed by atoms with Crippen LogP contribution in [0.2, 0.25) is 0 Å². The van der Waals surface area contributed by atoms with Crippen LogP contribution < -0.4 is 10.2 Å². The van der Waals surface area contributed by atoms with E-state index < -0.39 is 0 Å². The van der Waals surface area contributed by atoms with E-state index in [1.165, 1.54) is 50.9 Å². The normalized spacial score (nSPS) is 24.9. The van der Waals surface area contributed by atoms with Gasteiger partial charge in [-0.25, -0.2) is 0 Å². The molecule has 0 unspecified atom stereocenters.